The van der Waals surface area contributed by atoms with Gasteiger partial charge < -0.3 is 18.9 Å². The molecule has 0 aromatic carbocycles. The van der Waals surface area contributed by atoms with Crippen LogP contribution in [0.15, 0.2) is 18.5 Å². The number of hydrogen-bond donors (Lipinski definition) is 0. The van der Waals surface area contributed by atoms with Crippen LogP contribution in [0.5, 0.6) is 0 Å². The van der Waals surface area contributed by atoms with Crippen molar-refractivity contribution in [2.24, 2.45) is 11.8 Å². The van der Waals surface area contributed by atoms with E-state index >= 15 is 0 Å². The molecule has 1 saturated carbocycles. The summed E-state index contributed by atoms with van der Waals surface area (Å²) in [5.74, 6) is 1.49. The molecule has 186 valence electrons. The summed E-state index contributed by atoms with van der Waals surface area (Å²) in [7, 11) is 1.32. The second kappa shape index (κ2) is 10.1. The Hall–Kier alpha value is -2.78. The molecule has 1 atom stereocenters. The van der Waals surface area contributed by atoms with Gasteiger partial charge in [0.2, 0.25) is 11.8 Å². The maximum Gasteiger partial charge on any atom is 0.376 e. The third-order valence-corrected chi connectivity index (χ3v) is 7.34. The van der Waals surface area contributed by atoms with Gasteiger partial charge in [0.15, 0.2) is 5.65 Å². The lowest BCUT2D eigenvalue weighted by atomic mass is 9.83. The summed E-state index contributed by atoms with van der Waals surface area (Å²) >= 11 is 6.29. The highest BCUT2D eigenvalue weighted by Crippen LogP contribution is 2.36. The molecule has 1 aliphatic carbocycles. The van der Waals surface area contributed by atoms with Gasteiger partial charge in [-0.25, -0.2) is 14.8 Å². The number of rotatable bonds is 5. The number of carbonyl (C=O) groups excluding carboxylic acids is 1. The first kappa shape index (κ1) is 23.9. The minimum absolute atomic E-state index is 0.0345. The number of morpholine rings is 1. The highest BCUT2D eigenvalue weighted by molar-refractivity contribution is 6.30. The lowest BCUT2D eigenvalue weighted by molar-refractivity contribution is 0.0587. The molecule has 0 bridgehead atoms. The summed E-state index contributed by atoms with van der Waals surface area (Å²) in [5, 5.41) is 0.489. The van der Waals surface area contributed by atoms with Gasteiger partial charge in [-0.15, -0.1) is 0 Å². The van der Waals surface area contributed by atoms with E-state index < -0.39 is 5.97 Å². The minimum Gasteiger partial charge on any atom is -0.463 e. The van der Waals surface area contributed by atoms with E-state index in [2.05, 4.69) is 38.3 Å². The highest BCUT2D eigenvalue weighted by Gasteiger charge is 2.30. The van der Waals surface area contributed by atoms with Crippen LogP contribution in [0.4, 0.5) is 5.95 Å². The van der Waals surface area contributed by atoms with Crippen LogP contribution in [-0.4, -0.2) is 63.4 Å². The van der Waals surface area contributed by atoms with Gasteiger partial charge in [-0.2, -0.15) is 4.98 Å². The number of hydrogen-bond acceptors (Lipinski definition) is 8. The van der Waals surface area contributed by atoms with Crippen molar-refractivity contribution in [1.82, 2.24) is 24.5 Å². The van der Waals surface area contributed by atoms with Crippen LogP contribution in [0, 0.1) is 11.8 Å². The molecule has 0 spiro atoms. The maximum atomic E-state index is 12.5. The maximum absolute atomic E-state index is 12.5. The van der Waals surface area contributed by atoms with Crippen molar-refractivity contribution in [3.05, 3.63) is 29.3 Å². The first-order valence-corrected chi connectivity index (χ1v) is 12.6. The number of esters is 1. The molecule has 35 heavy (non-hydrogen) atoms. The summed E-state index contributed by atoms with van der Waals surface area (Å²) in [5.41, 5.74) is 2.53. The number of anilines is 1. The van der Waals surface area contributed by atoms with Crippen molar-refractivity contribution in [2.75, 3.05) is 31.8 Å². The van der Waals surface area contributed by atoms with Crippen LogP contribution >= 0.6 is 11.6 Å². The molecule has 0 amide bonds. The van der Waals surface area contributed by atoms with Gasteiger partial charge in [-0.05, 0) is 37.7 Å². The van der Waals surface area contributed by atoms with Gasteiger partial charge in [0.25, 0.3) is 0 Å². The number of carbonyl (C=O) groups is 1. The first-order chi connectivity index (χ1) is 16.9. The normalized spacial score (nSPS) is 23.0. The number of aromatic nitrogens is 5. The highest BCUT2D eigenvalue weighted by atomic mass is 35.5. The predicted octanol–water partition coefficient (Wildman–Crippen LogP) is 4.38. The molecule has 1 aliphatic heterocycles. The van der Waals surface area contributed by atoms with Crippen molar-refractivity contribution >= 4 is 34.7 Å². The zero-order valence-corrected chi connectivity index (χ0v) is 21.2. The van der Waals surface area contributed by atoms with E-state index in [1.165, 1.54) is 32.8 Å². The van der Waals surface area contributed by atoms with Gasteiger partial charge in [-0.3, -0.25) is 4.98 Å². The summed E-state index contributed by atoms with van der Waals surface area (Å²) in [6.45, 7) is 7.28. The molecule has 0 unspecified atom stereocenters. The topological polar surface area (TPSA) is 95.3 Å². The largest absolute Gasteiger partial charge is 0.463 e. The fourth-order valence-corrected chi connectivity index (χ4v) is 5.31. The number of nitrogens with zero attached hydrogens (tertiary/aromatic N) is 6. The standard InChI is InChI=1S/C25H31ClN6O3/c1-15-4-6-17(7-5-15)13-32-21-20(18-10-19(26)12-27-11-18)28-23(24(33)34-3)29-22(21)30-25(32)31-8-9-35-14-16(31)2/h10-12,15-17H,4-9,13-14H2,1-3H3/t15?,16-,17?/m1/s1. The molecule has 1 saturated heterocycles. The number of halogens is 1. The Kier molecular flexibility index (Phi) is 6.88. The van der Waals surface area contributed by atoms with Gasteiger partial charge in [-0.1, -0.05) is 31.4 Å². The Morgan fingerprint density at radius 3 is 2.69 bits per heavy atom. The van der Waals surface area contributed by atoms with Gasteiger partial charge in [0.05, 0.1) is 31.4 Å². The molecule has 10 heteroatoms. The van der Waals surface area contributed by atoms with Gasteiger partial charge in [0.1, 0.15) is 11.2 Å². The molecule has 9 nitrogen and oxygen atoms in total. The van der Waals surface area contributed by atoms with E-state index in [0.717, 1.165) is 30.5 Å². The van der Waals surface area contributed by atoms with Crippen LogP contribution in [0.3, 0.4) is 0 Å². The number of methoxy groups -OCH3 is 1. The average molecular weight is 499 g/mol. The Bertz CT molecular complexity index is 1220. The van der Waals surface area contributed by atoms with E-state index in [4.69, 9.17) is 26.1 Å². The van der Waals surface area contributed by atoms with Crippen LogP contribution < -0.4 is 4.90 Å². The number of pyridine rings is 1. The molecule has 2 aliphatic rings. The van der Waals surface area contributed by atoms with Crippen LogP contribution in [0.25, 0.3) is 22.4 Å². The zero-order chi connectivity index (χ0) is 24.5. The third kappa shape index (κ3) is 4.84. The number of imidazole rings is 1. The van der Waals surface area contributed by atoms with Crippen molar-refractivity contribution in [3.63, 3.8) is 0 Å². The molecule has 3 aromatic rings. The van der Waals surface area contributed by atoms with Crippen LogP contribution in [-0.2, 0) is 16.0 Å². The quantitative estimate of drug-likeness (QED) is 0.478. The molecule has 0 radical (unpaired) electrons. The second-order valence-electron chi connectivity index (χ2n) is 9.72. The molecule has 4 heterocycles. The summed E-state index contributed by atoms with van der Waals surface area (Å²) < 4.78 is 12.9. The minimum atomic E-state index is -0.611. The van der Waals surface area contributed by atoms with Crippen molar-refractivity contribution in [1.29, 1.82) is 0 Å². The molecular formula is C25H31ClN6O3. The predicted molar refractivity (Wildman–Crippen MR) is 134 cm³/mol. The molecule has 3 aromatic heterocycles. The Morgan fingerprint density at radius 2 is 1.97 bits per heavy atom. The average Bonchev–Trinajstić information content (AvgIpc) is 3.22. The van der Waals surface area contributed by atoms with Crippen molar-refractivity contribution in [3.8, 4) is 11.3 Å². The zero-order valence-electron chi connectivity index (χ0n) is 20.4. The second-order valence-corrected chi connectivity index (χ2v) is 10.2. The Balaban J connectivity index is 1.72. The number of ether oxygens (including phenoxy) is 2. The van der Waals surface area contributed by atoms with E-state index in [9.17, 15) is 4.79 Å². The van der Waals surface area contributed by atoms with E-state index in [0.29, 0.717) is 41.1 Å². The summed E-state index contributed by atoms with van der Waals surface area (Å²) in [6.07, 6.45) is 8.09. The lowest BCUT2D eigenvalue weighted by Crippen LogP contribution is -2.45. The fraction of sp³-hybridized carbons (Fsp3) is 0.560. The van der Waals surface area contributed by atoms with E-state index in [-0.39, 0.29) is 11.9 Å². The number of fused-ring (bicyclic) bond motifs is 1. The van der Waals surface area contributed by atoms with E-state index in [1.54, 1.807) is 18.5 Å². The van der Waals surface area contributed by atoms with Crippen LogP contribution in [0.1, 0.15) is 50.1 Å². The molecule has 0 N–H and O–H groups in total. The lowest BCUT2D eigenvalue weighted by Gasteiger charge is -2.35. The van der Waals surface area contributed by atoms with Gasteiger partial charge >= 0.3 is 5.97 Å². The fourth-order valence-electron chi connectivity index (χ4n) is 5.14. The molecular weight excluding hydrogens is 468 g/mol. The summed E-state index contributed by atoms with van der Waals surface area (Å²) in [6, 6.07) is 1.96. The Morgan fingerprint density at radius 1 is 1.17 bits per heavy atom. The van der Waals surface area contributed by atoms with Crippen molar-refractivity contribution < 1.29 is 14.3 Å². The molecule has 2 fully saturated rings. The monoisotopic (exact) mass is 498 g/mol. The SMILES string of the molecule is COC(=O)c1nc(-c2cncc(Cl)c2)c2c(n1)nc(N1CCOC[C@H]1C)n2CC1CCC(C)CC1. The summed E-state index contributed by atoms with van der Waals surface area (Å²) in [4.78, 5) is 33.1. The third-order valence-electron chi connectivity index (χ3n) is 7.13. The van der Waals surface area contributed by atoms with Crippen molar-refractivity contribution in [2.45, 2.75) is 52.1 Å². The Labute approximate surface area is 209 Å². The molecule has 5 rings (SSSR count). The smallest absolute Gasteiger partial charge is 0.376 e. The van der Waals surface area contributed by atoms with E-state index in [1.807, 2.05) is 0 Å². The van der Waals surface area contributed by atoms with Crippen LogP contribution in [0.2, 0.25) is 5.02 Å². The first-order valence-electron chi connectivity index (χ1n) is 12.3. The van der Waals surface area contributed by atoms with Gasteiger partial charge in [0, 0.05) is 31.0 Å².